The van der Waals surface area contributed by atoms with Gasteiger partial charge >= 0.3 is 5.97 Å². The SMILES string of the molecule is Cc1cc(C)cc(-c2cc(C(=O)O)nc(-c3cccc4c3nc(-c3cc(C(C)(C)C)cc5c3[nH]c3ccc(C(C)(C)C)cc35)n4-c3cccc(-c4ccccc4)c3)c2)c1. The van der Waals surface area contributed by atoms with Gasteiger partial charge in [-0.25, -0.2) is 14.8 Å². The van der Waals surface area contributed by atoms with Crippen molar-refractivity contribution in [3.63, 3.8) is 0 Å². The van der Waals surface area contributed by atoms with Crippen LogP contribution in [0.15, 0.2) is 133 Å². The number of H-pyrrole nitrogens is 1. The van der Waals surface area contributed by atoms with E-state index < -0.39 is 5.97 Å². The van der Waals surface area contributed by atoms with Crippen LogP contribution in [0.5, 0.6) is 0 Å². The molecule has 6 heteroatoms. The third-order valence-electron chi connectivity index (χ3n) is 11.5. The van der Waals surface area contributed by atoms with Crippen LogP contribution in [0.25, 0.3) is 83.4 Å². The number of nitrogens with one attached hydrogen (secondary N) is 1. The van der Waals surface area contributed by atoms with E-state index in [4.69, 9.17) is 9.97 Å². The molecule has 2 N–H and O–H groups in total. The molecule has 292 valence electrons. The van der Waals surface area contributed by atoms with Crippen LogP contribution in [0.1, 0.15) is 74.3 Å². The Hall–Kier alpha value is -6.79. The lowest BCUT2D eigenvalue weighted by molar-refractivity contribution is 0.0690. The highest BCUT2D eigenvalue weighted by Crippen LogP contribution is 2.42. The summed E-state index contributed by atoms with van der Waals surface area (Å²) in [5.41, 5.74) is 15.4. The number of carboxylic acid groups (broad SMARTS) is 1. The van der Waals surface area contributed by atoms with Gasteiger partial charge in [-0.3, -0.25) is 4.57 Å². The number of aryl methyl sites for hydroxylation is 2. The molecule has 0 aliphatic heterocycles. The third kappa shape index (κ3) is 6.88. The van der Waals surface area contributed by atoms with E-state index in [1.807, 2.05) is 24.3 Å². The normalized spacial score (nSPS) is 12.2. The Labute approximate surface area is 345 Å². The molecule has 0 unspecified atom stereocenters. The monoisotopic (exact) mass is 772 g/mol. The van der Waals surface area contributed by atoms with E-state index in [2.05, 4.69) is 168 Å². The fourth-order valence-corrected chi connectivity index (χ4v) is 8.37. The number of aromatic amines is 1. The van der Waals surface area contributed by atoms with E-state index in [0.717, 1.165) is 83.5 Å². The van der Waals surface area contributed by atoms with Crippen molar-refractivity contribution in [2.24, 2.45) is 0 Å². The summed E-state index contributed by atoms with van der Waals surface area (Å²) in [4.78, 5) is 26.8. The van der Waals surface area contributed by atoms with Gasteiger partial charge in [0.05, 0.1) is 22.2 Å². The molecule has 9 aromatic rings. The Morgan fingerprint density at radius 3 is 1.98 bits per heavy atom. The molecule has 6 aromatic carbocycles. The van der Waals surface area contributed by atoms with Gasteiger partial charge in [0, 0.05) is 33.1 Å². The standard InChI is InChI=1S/C53H48N4O2/c1-31-22-32(2)24-35(23-31)36-26-45(54-46(27-36)51(58)59)40-18-13-19-47-49(40)56-50(57(47)39-17-12-16-34(25-39)33-14-10-9-11-15-33)43-30-38(53(6,7)8)29-42-41-28-37(52(3,4)5)20-21-44(41)55-48(42)43/h9-30,55H,1-8H3,(H,58,59). The van der Waals surface area contributed by atoms with Crippen molar-refractivity contribution >= 4 is 38.8 Å². The first-order valence-corrected chi connectivity index (χ1v) is 20.2. The molecule has 3 aromatic heterocycles. The van der Waals surface area contributed by atoms with Gasteiger partial charge in [-0.2, -0.15) is 0 Å². The number of fused-ring (bicyclic) bond motifs is 4. The van der Waals surface area contributed by atoms with Crippen LogP contribution >= 0.6 is 0 Å². The maximum Gasteiger partial charge on any atom is 0.354 e. The summed E-state index contributed by atoms with van der Waals surface area (Å²) in [6.45, 7) is 17.6. The zero-order valence-corrected chi connectivity index (χ0v) is 34.9. The molecule has 0 radical (unpaired) electrons. The predicted molar refractivity (Wildman–Crippen MR) is 244 cm³/mol. The maximum absolute atomic E-state index is 12.6. The molecular weight excluding hydrogens is 725 g/mol. The summed E-state index contributed by atoms with van der Waals surface area (Å²) in [5, 5.41) is 12.7. The second-order valence-electron chi connectivity index (χ2n) is 18.0. The number of rotatable bonds is 6. The molecule has 0 amide bonds. The van der Waals surface area contributed by atoms with E-state index in [-0.39, 0.29) is 16.5 Å². The Kier molecular flexibility index (Phi) is 8.93. The quantitative estimate of drug-likeness (QED) is 0.176. The van der Waals surface area contributed by atoms with Gasteiger partial charge < -0.3 is 10.1 Å². The van der Waals surface area contributed by atoms with Gasteiger partial charge in [0.25, 0.3) is 0 Å². The second kappa shape index (κ2) is 13.9. The zero-order chi connectivity index (χ0) is 41.4. The molecular formula is C53H48N4O2. The van der Waals surface area contributed by atoms with Crippen LogP contribution in [0.3, 0.4) is 0 Å². The zero-order valence-electron chi connectivity index (χ0n) is 34.9. The number of hydrogen-bond donors (Lipinski definition) is 2. The fourth-order valence-electron chi connectivity index (χ4n) is 8.37. The van der Waals surface area contributed by atoms with E-state index >= 15 is 0 Å². The average molecular weight is 773 g/mol. The second-order valence-corrected chi connectivity index (χ2v) is 18.0. The number of nitrogens with zero attached hydrogens (tertiary/aromatic N) is 3. The van der Waals surface area contributed by atoms with Crippen molar-refractivity contribution in [1.29, 1.82) is 0 Å². The van der Waals surface area contributed by atoms with E-state index in [1.54, 1.807) is 6.07 Å². The summed E-state index contributed by atoms with van der Waals surface area (Å²) >= 11 is 0. The minimum Gasteiger partial charge on any atom is -0.477 e. The molecule has 9 rings (SSSR count). The van der Waals surface area contributed by atoms with Gasteiger partial charge in [0.2, 0.25) is 0 Å². The molecule has 59 heavy (non-hydrogen) atoms. The maximum atomic E-state index is 12.6. The molecule has 0 aliphatic carbocycles. The number of imidazole rings is 1. The fraction of sp³-hybridized carbons (Fsp3) is 0.189. The van der Waals surface area contributed by atoms with Crippen molar-refractivity contribution < 1.29 is 9.90 Å². The van der Waals surface area contributed by atoms with Crippen molar-refractivity contribution in [2.75, 3.05) is 0 Å². The summed E-state index contributed by atoms with van der Waals surface area (Å²) in [5.74, 6) is -0.302. The summed E-state index contributed by atoms with van der Waals surface area (Å²) in [7, 11) is 0. The minimum atomic E-state index is -1.08. The molecule has 0 atom stereocenters. The number of hydrogen-bond acceptors (Lipinski definition) is 3. The first kappa shape index (κ1) is 37.8. The molecule has 0 saturated heterocycles. The van der Waals surface area contributed by atoms with E-state index in [0.29, 0.717) is 5.69 Å². The van der Waals surface area contributed by atoms with Crippen molar-refractivity contribution in [3.05, 3.63) is 161 Å². The summed E-state index contributed by atoms with van der Waals surface area (Å²) in [6.07, 6.45) is 0. The molecule has 3 heterocycles. The lowest BCUT2D eigenvalue weighted by Gasteiger charge is -2.21. The van der Waals surface area contributed by atoms with Crippen molar-refractivity contribution in [2.45, 2.75) is 66.2 Å². The third-order valence-corrected chi connectivity index (χ3v) is 11.5. The minimum absolute atomic E-state index is 0.0135. The molecule has 6 nitrogen and oxygen atoms in total. The molecule has 0 saturated carbocycles. The highest BCUT2D eigenvalue weighted by Gasteiger charge is 2.26. The number of aromatic nitrogens is 4. The predicted octanol–water partition coefficient (Wildman–Crippen LogP) is 13.6. The first-order chi connectivity index (χ1) is 28.1. The van der Waals surface area contributed by atoms with Gasteiger partial charge in [0.1, 0.15) is 11.5 Å². The highest BCUT2D eigenvalue weighted by atomic mass is 16.4. The van der Waals surface area contributed by atoms with Crippen molar-refractivity contribution in [3.8, 4) is 50.6 Å². The summed E-state index contributed by atoms with van der Waals surface area (Å²) < 4.78 is 2.25. The number of para-hydroxylation sites is 1. The number of benzene rings is 6. The van der Waals surface area contributed by atoms with Crippen LogP contribution in [0.4, 0.5) is 0 Å². The number of pyridine rings is 1. The topological polar surface area (TPSA) is 83.8 Å². The summed E-state index contributed by atoms with van der Waals surface area (Å²) in [6, 6.07) is 46.5. The van der Waals surface area contributed by atoms with Crippen LogP contribution in [0, 0.1) is 13.8 Å². The molecule has 0 bridgehead atoms. The van der Waals surface area contributed by atoms with Crippen LogP contribution in [0.2, 0.25) is 0 Å². The van der Waals surface area contributed by atoms with E-state index in [9.17, 15) is 9.90 Å². The van der Waals surface area contributed by atoms with Crippen molar-refractivity contribution in [1.82, 2.24) is 19.5 Å². The van der Waals surface area contributed by atoms with Gasteiger partial charge in [-0.05, 0) is 113 Å². The smallest absolute Gasteiger partial charge is 0.354 e. The highest BCUT2D eigenvalue weighted by molar-refractivity contribution is 6.13. The Bertz CT molecular complexity index is 3100. The lowest BCUT2D eigenvalue weighted by Crippen LogP contribution is -2.11. The first-order valence-electron chi connectivity index (χ1n) is 20.2. The number of aromatic carboxylic acids is 1. The Morgan fingerprint density at radius 2 is 1.27 bits per heavy atom. The molecule has 0 fully saturated rings. The Balaban J connectivity index is 1.38. The molecule has 0 spiro atoms. The molecule has 0 aliphatic rings. The number of carbonyl (C=O) groups is 1. The largest absolute Gasteiger partial charge is 0.477 e. The number of carboxylic acids is 1. The average Bonchev–Trinajstić information content (AvgIpc) is 3.78. The van der Waals surface area contributed by atoms with Crippen LogP contribution in [-0.4, -0.2) is 30.6 Å². The van der Waals surface area contributed by atoms with Gasteiger partial charge in [-0.1, -0.05) is 132 Å². The van der Waals surface area contributed by atoms with Gasteiger partial charge in [0.15, 0.2) is 0 Å². The van der Waals surface area contributed by atoms with Crippen LogP contribution in [-0.2, 0) is 10.8 Å². The van der Waals surface area contributed by atoms with Crippen LogP contribution < -0.4 is 0 Å². The van der Waals surface area contributed by atoms with E-state index in [1.165, 1.54) is 16.5 Å². The van der Waals surface area contributed by atoms with Gasteiger partial charge in [-0.15, -0.1) is 0 Å². The lowest BCUT2D eigenvalue weighted by atomic mass is 9.84. The Morgan fingerprint density at radius 1 is 0.593 bits per heavy atom.